The molecule has 3 N–H and O–H groups in total. The zero-order valence-corrected chi connectivity index (χ0v) is 13.1. The van der Waals surface area contributed by atoms with Gasteiger partial charge in [-0.05, 0) is 18.6 Å². The predicted octanol–water partition coefficient (Wildman–Crippen LogP) is 1.41. The lowest BCUT2D eigenvalue weighted by Crippen LogP contribution is -2.26. The number of aromatic nitrogens is 4. The van der Waals surface area contributed by atoms with Crippen LogP contribution in [0.1, 0.15) is 16.8 Å². The zero-order valence-electron chi connectivity index (χ0n) is 13.1. The lowest BCUT2D eigenvalue weighted by atomic mass is 10.1. The molecule has 0 aliphatic heterocycles. The minimum absolute atomic E-state index is 0.00309. The Labute approximate surface area is 136 Å². The topological polar surface area (TPSA) is 103 Å². The second-order valence-corrected chi connectivity index (χ2v) is 5.38. The molecule has 0 aliphatic rings. The van der Waals surface area contributed by atoms with Crippen LogP contribution in [0.15, 0.2) is 41.5 Å². The number of rotatable bonds is 3. The summed E-state index contributed by atoms with van der Waals surface area (Å²) in [7, 11) is 1.72. The normalized spacial score (nSPS) is 10.8. The number of halogens is 1. The van der Waals surface area contributed by atoms with Crippen molar-refractivity contribution in [1.29, 1.82) is 5.41 Å². The van der Waals surface area contributed by atoms with Crippen LogP contribution in [0.2, 0.25) is 0 Å². The van der Waals surface area contributed by atoms with E-state index in [9.17, 15) is 9.18 Å². The molecule has 0 unspecified atom stereocenters. The van der Waals surface area contributed by atoms with Gasteiger partial charge in [-0.1, -0.05) is 12.1 Å². The monoisotopic (exact) mass is 326 g/mol. The average Bonchev–Trinajstić information content (AvgIpc) is 2.95. The van der Waals surface area contributed by atoms with Crippen molar-refractivity contribution in [2.24, 2.45) is 7.05 Å². The number of nitrogens with one attached hydrogen (secondary N) is 1. The van der Waals surface area contributed by atoms with E-state index < -0.39 is 11.4 Å². The molecule has 2 aromatic heterocycles. The first-order valence-corrected chi connectivity index (χ1v) is 7.11. The van der Waals surface area contributed by atoms with E-state index in [0.29, 0.717) is 11.1 Å². The Bertz CT molecular complexity index is 984. The largest absolute Gasteiger partial charge is 0.397 e. The summed E-state index contributed by atoms with van der Waals surface area (Å²) in [5.74, 6) is -0.576. The van der Waals surface area contributed by atoms with E-state index >= 15 is 0 Å². The molecule has 0 amide bonds. The highest BCUT2D eigenvalue weighted by Crippen LogP contribution is 2.18. The van der Waals surface area contributed by atoms with Gasteiger partial charge in [-0.25, -0.2) is 4.39 Å². The van der Waals surface area contributed by atoms with Gasteiger partial charge in [-0.15, -0.1) is 0 Å². The van der Waals surface area contributed by atoms with Crippen molar-refractivity contribution in [2.45, 2.75) is 6.92 Å². The Balaban J connectivity index is 2.20. The summed E-state index contributed by atoms with van der Waals surface area (Å²) in [5, 5.41) is 16.4. The Morgan fingerprint density at radius 3 is 2.75 bits per heavy atom. The molecule has 0 saturated carbocycles. The van der Waals surface area contributed by atoms with Crippen molar-refractivity contribution in [3.8, 4) is 5.69 Å². The molecule has 2 heterocycles. The summed E-state index contributed by atoms with van der Waals surface area (Å²) < 4.78 is 16.6. The van der Waals surface area contributed by atoms with Crippen molar-refractivity contribution in [2.75, 3.05) is 5.73 Å². The number of hydrogen-bond donors (Lipinski definition) is 2. The fourth-order valence-corrected chi connectivity index (χ4v) is 2.40. The average molecular weight is 326 g/mol. The summed E-state index contributed by atoms with van der Waals surface area (Å²) in [6, 6.07) is 5.61. The lowest BCUT2D eigenvalue weighted by molar-refractivity contribution is 0.603. The Kier molecular flexibility index (Phi) is 3.72. The van der Waals surface area contributed by atoms with E-state index in [1.165, 1.54) is 16.9 Å². The van der Waals surface area contributed by atoms with Gasteiger partial charge >= 0.3 is 0 Å². The van der Waals surface area contributed by atoms with Crippen LogP contribution in [-0.2, 0) is 7.05 Å². The van der Waals surface area contributed by atoms with Crippen LogP contribution >= 0.6 is 0 Å². The summed E-state index contributed by atoms with van der Waals surface area (Å²) in [6.07, 6.45) is 3.13. The Hall–Kier alpha value is -3.29. The van der Waals surface area contributed by atoms with Crippen LogP contribution < -0.4 is 11.3 Å². The van der Waals surface area contributed by atoms with Gasteiger partial charge in [0, 0.05) is 24.9 Å². The Morgan fingerprint density at radius 2 is 2.12 bits per heavy atom. The van der Waals surface area contributed by atoms with Crippen molar-refractivity contribution >= 4 is 11.4 Å². The number of nitrogen functional groups attached to an aromatic ring is 1. The fourth-order valence-electron chi connectivity index (χ4n) is 2.40. The third kappa shape index (κ3) is 2.58. The van der Waals surface area contributed by atoms with Crippen molar-refractivity contribution in [3.63, 3.8) is 0 Å². The van der Waals surface area contributed by atoms with Crippen LogP contribution in [0.3, 0.4) is 0 Å². The van der Waals surface area contributed by atoms with E-state index in [0.717, 1.165) is 10.7 Å². The molecule has 0 fully saturated rings. The third-order valence-electron chi connectivity index (χ3n) is 3.59. The second kappa shape index (κ2) is 5.73. The number of nitrogens with two attached hydrogens (primary N) is 1. The number of benzene rings is 1. The van der Waals surface area contributed by atoms with Crippen LogP contribution in [0.5, 0.6) is 0 Å². The predicted molar refractivity (Wildman–Crippen MR) is 88.1 cm³/mol. The first-order valence-electron chi connectivity index (χ1n) is 7.11. The van der Waals surface area contributed by atoms with Gasteiger partial charge in [-0.3, -0.25) is 14.9 Å². The van der Waals surface area contributed by atoms with Crippen LogP contribution in [0, 0.1) is 18.2 Å². The molecular weight excluding hydrogens is 311 g/mol. The number of para-hydroxylation sites is 1. The Morgan fingerprint density at radius 1 is 1.38 bits per heavy atom. The molecule has 8 heteroatoms. The highest BCUT2D eigenvalue weighted by atomic mass is 19.1. The molecule has 7 nitrogen and oxygen atoms in total. The van der Waals surface area contributed by atoms with Crippen LogP contribution in [0.25, 0.3) is 5.69 Å². The maximum absolute atomic E-state index is 14.2. The molecule has 0 saturated heterocycles. The number of nitrogens with zero attached hydrogens (tertiary/aromatic N) is 4. The molecule has 0 spiro atoms. The maximum atomic E-state index is 14.2. The summed E-state index contributed by atoms with van der Waals surface area (Å²) >= 11 is 0. The standard InChI is InChI=1S/C16H15FN6O/c1-9-4-3-5-11(17)16(9)23-13(24)6-12(18)15(21-23)14(19)10-7-20-22(2)8-10/h3-8,19H,18H2,1-2H3. The van der Waals surface area contributed by atoms with Crippen LogP contribution in [-0.4, -0.2) is 25.3 Å². The highest BCUT2D eigenvalue weighted by Gasteiger charge is 2.17. The van der Waals surface area contributed by atoms with Crippen molar-refractivity contribution < 1.29 is 4.39 Å². The van der Waals surface area contributed by atoms with Gasteiger partial charge < -0.3 is 5.73 Å². The number of aryl methyl sites for hydroxylation is 2. The molecule has 3 aromatic rings. The fraction of sp³-hybridized carbons (Fsp3) is 0.125. The first kappa shape index (κ1) is 15.6. The van der Waals surface area contributed by atoms with Gasteiger partial charge in [0.15, 0.2) is 0 Å². The molecular formula is C16H15FN6O. The van der Waals surface area contributed by atoms with Crippen LogP contribution in [0.4, 0.5) is 10.1 Å². The van der Waals surface area contributed by atoms with Gasteiger partial charge in [-0.2, -0.15) is 14.9 Å². The van der Waals surface area contributed by atoms with Crippen molar-refractivity contribution in [3.05, 3.63) is 69.7 Å². The van der Waals surface area contributed by atoms with Gasteiger partial charge in [0.05, 0.1) is 17.6 Å². The van der Waals surface area contributed by atoms with Gasteiger partial charge in [0.2, 0.25) is 0 Å². The molecule has 0 aliphatic carbocycles. The smallest absolute Gasteiger partial charge is 0.273 e. The first-order chi connectivity index (χ1) is 11.4. The molecule has 0 radical (unpaired) electrons. The lowest BCUT2D eigenvalue weighted by Gasteiger charge is -2.12. The quantitative estimate of drug-likeness (QED) is 0.710. The van der Waals surface area contributed by atoms with E-state index in [1.54, 1.807) is 32.3 Å². The van der Waals surface area contributed by atoms with E-state index in [4.69, 9.17) is 11.1 Å². The van der Waals surface area contributed by atoms with Gasteiger partial charge in [0.25, 0.3) is 5.56 Å². The molecule has 0 bridgehead atoms. The van der Waals surface area contributed by atoms with E-state index in [2.05, 4.69) is 10.2 Å². The van der Waals surface area contributed by atoms with Crippen molar-refractivity contribution in [1.82, 2.24) is 19.6 Å². The summed E-state index contributed by atoms with van der Waals surface area (Å²) in [6.45, 7) is 1.68. The van der Waals surface area contributed by atoms with E-state index in [-0.39, 0.29) is 22.8 Å². The molecule has 0 atom stereocenters. The minimum atomic E-state index is -0.576. The molecule has 3 rings (SSSR count). The zero-order chi connectivity index (χ0) is 17.4. The molecule has 1 aromatic carbocycles. The molecule has 122 valence electrons. The SMILES string of the molecule is Cc1cccc(F)c1-n1nc(C(=N)c2cnn(C)c2)c(N)cc1=O. The number of anilines is 1. The highest BCUT2D eigenvalue weighted by molar-refractivity contribution is 6.12. The minimum Gasteiger partial charge on any atom is -0.397 e. The summed E-state index contributed by atoms with van der Waals surface area (Å²) in [5.41, 5.74) is 6.52. The molecule has 24 heavy (non-hydrogen) atoms. The summed E-state index contributed by atoms with van der Waals surface area (Å²) in [4.78, 5) is 12.2. The maximum Gasteiger partial charge on any atom is 0.273 e. The second-order valence-electron chi connectivity index (χ2n) is 5.38. The van der Waals surface area contributed by atoms with Gasteiger partial charge in [0.1, 0.15) is 17.2 Å². The number of hydrogen-bond acceptors (Lipinski definition) is 5. The third-order valence-corrected chi connectivity index (χ3v) is 3.59. The van der Waals surface area contributed by atoms with E-state index in [1.807, 2.05) is 0 Å².